The Morgan fingerprint density at radius 3 is 2.40 bits per heavy atom. The van der Waals surface area contributed by atoms with Crippen LogP contribution in [0.15, 0.2) is 36.4 Å². The number of amides is 1. The maximum absolute atomic E-state index is 13.4. The van der Waals surface area contributed by atoms with Crippen molar-refractivity contribution in [3.05, 3.63) is 70.0 Å². The summed E-state index contributed by atoms with van der Waals surface area (Å²) in [6.45, 7) is 5.15. The molecule has 0 bridgehead atoms. The van der Waals surface area contributed by atoms with E-state index >= 15 is 0 Å². The second kappa shape index (κ2) is 12.3. The molecule has 2 N–H and O–H groups in total. The van der Waals surface area contributed by atoms with E-state index in [1.165, 1.54) is 25.8 Å². The van der Waals surface area contributed by atoms with Gasteiger partial charge in [-0.3, -0.25) is 9.48 Å². The molecule has 0 unspecified atom stereocenters. The molecule has 1 amide bonds. The molecule has 4 aromatic rings. The maximum Gasteiger partial charge on any atom is 0.339 e. The Morgan fingerprint density at radius 1 is 1.00 bits per heavy atom. The Labute approximate surface area is 280 Å². The van der Waals surface area contributed by atoms with E-state index in [0.29, 0.717) is 29.6 Å². The molecule has 1 aliphatic heterocycles. The van der Waals surface area contributed by atoms with Crippen molar-refractivity contribution in [1.29, 1.82) is 0 Å². The zero-order valence-corrected chi connectivity index (χ0v) is 28.7. The number of aryl methyl sites for hydroxylation is 1. The number of methoxy groups -OCH3 is 1. The van der Waals surface area contributed by atoms with Crippen LogP contribution in [0.1, 0.15) is 120 Å². The van der Waals surface area contributed by atoms with Crippen LogP contribution in [0.2, 0.25) is 0 Å². The third kappa shape index (κ3) is 5.41. The first-order valence-electron chi connectivity index (χ1n) is 16.9. The van der Waals surface area contributed by atoms with Crippen LogP contribution in [0.25, 0.3) is 33.8 Å². The van der Waals surface area contributed by atoms with E-state index in [4.69, 9.17) is 9.84 Å². The number of hydrogen-bond donors (Lipinski definition) is 2. The third-order valence-electron chi connectivity index (χ3n) is 10.4. The standard InChI is InChI=1S/C37H42N4O6S/c1-21(2)48(45,46)39-36(42)24-13-15-30-31(19-24)40-20-26(34-32(37(43)44)22(3)38-41(34)27-11-8-12-27)17-25-18-28(47-4)14-16-29(25)35(40)33(30)23-9-6-5-7-10-23/h13-19,21,23,27H,5-12,20H2,1-4H3,(H,39,42)(H,43,44). The second-order valence-electron chi connectivity index (χ2n) is 13.7. The van der Waals surface area contributed by atoms with E-state index in [9.17, 15) is 23.1 Å². The lowest BCUT2D eigenvalue weighted by Gasteiger charge is -2.28. The normalized spacial score (nSPS) is 17.0. The summed E-state index contributed by atoms with van der Waals surface area (Å²) < 4.78 is 37.3. The molecule has 252 valence electrons. The van der Waals surface area contributed by atoms with Crippen LogP contribution in [0, 0.1) is 6.92 Å². The summed E-state index contributed by atoms with van der Waals surface area (Å²) in [7, 11) is -2.20. The number of carbonyl (C=O) groups is 2. The monoisotopic (exact) mass is 670 g/mol. The molecule has 0 atom stereocenters. The van der Waals surface area contributed by atoms with Crippen LogP contribution in [0.3, 0.4) is 0 Å². The highest BCUT2D eigenvalue weighted by atomic mass is 32.2. The van der Waals surface area contributed by atoms with Crippen LogP contribution in [-0.4, -0.2) is 52.1 Å². The molecule has 3 heterocycles. The van der Waals surface area contributed by atoms with E-state index in [-0.39, 0.29) is 17.2 Å². The molecule has 0 spiro atoms. The first-order valence-corrected chi connectivity index (χ1v) is 18.5. The number of ether oxygens (including phenoxy) is 1. The van der Waals surface area contributed by atoms with Crippen LogP contribution in [0.5, 0.6) is 5.75 Å². The fourth-order valence-corrected chi connectivity index (χ4v) is 8.25. The second-order valence-corrected chi connectivity index (χ2v) is 15.9. The average Bonchev–Trinajstić information content (AvgIpc) is 3.47. The summed E-state index contributed by atoms with van der Waals surface area (Å²) in [6, 6.07) is 11.6. The number of nitrogens with one attached hydrogen (secondary N) is 1. The van der Waals surface area contributed by atoms with Gasteiger partial charge in [0.1, 0.15) is 11.3 Å². The summed E-state index contributed by atoms with van der Waals surface area (Å²) >= 11 is 0. The lowest BCUT2D eigenvalue weighted by Crippen LogP contribution is -2.35. The Kier molecular flexibility index (Phi) is 8.22. The molecule has 2 aromatic carbocycles. The first-order chi connectivity index (χ1) is 23.0. The minimum atomic E-state index is -3.84. The van der Waals surface area contributed by atoms with Gasteiger partial charge in [0.05, 0.1) is 42.0 Å². The van der Waals surface area contributed by atoms with Gasteiger partial charge in [-0.15, -0.1) is 0 Å². The number of carbonyl (C=O) groups excluding carboxylic acids is 1. The summed E-state index contributed by atoms with van der Waals surface area (Å²) in [5.41, 5.74) is 7.30. The minimum absolute atomic E-state index is 0.123. The SMILES string of the molecule is COc1ccc2c(c1)C=C(c1c(C(=O)O)c(C)nn1C1CCC1)Cn1c-2c(C2CCCCC2)c2ccc(C(=O)NS(=O)(=O)C(C)C)cc21. The van der Waals surface area contributed by atoms with Crippen molar-refractivity contribution in [2.75, 3.05) is 7.11 Å². The van der Waals surface area contributed by atoms with Crippen molar-refractivity contribution in [2.45, 2.75) is 95.9 Å². The van der Waals surface area contributed by atoms with Gasteiger partial charge in [0, 0.05) is 22.0 Å². The molecule has 11 heteroatoms. The molecule has 2 fully saturated rings. The quantitative estimate of drug-likeness (QED) is 0.201. The number of nitrogens with zero attached hydrogens (tertiary/aromatic N) is 3. The topological polar surface area (TPSA) is 133 Å². The number of hydrogen-bond acceptors (Lipinski definition) is 6. The Morgan fingerprint density at radius 2 is 1.75 bits per heavy atom. The van der Waals surface area contributed by atoms with E-state index in [2.05, 4.69) is 21.4 Å². The van der Waals surface area contributed by atoms with Crippen molar-refractivity contribution in [3.8, 4) is 17.0 Å². The smallest absolute Gasteiger partial charge is 0.339 e. The molecule has 7 rings (SSSR count). The molecule has 2 aliphatic carbocycles. The van der Waals surface area contributed by atoms with E-state index in [1.807, 2.05) is 22.9 Å². The highest BCUT2D eigenvalue weighted by molar-refractivity contribution is 7.90. The number of carboxylic acid groups (broad SMARTS) is 1. The van der Waals surface area contributed by atoms with Gasteiger partial charge in [-0.05, 0) is 112 Å². The van der Waals surface area contributed by atoms with Gasteiger partial charge in [0.2, 0.25) is 10.0 Å². The summed E-state index contributed by atoms with van der Waals surface area (Å²) in [4.78, 5) is 26.2. The van der Waals surface area contributed by atoms with Crippen molar-refractivity contribution >= 4 is 44.5 Å². The highest BCUT2D eigenvalue weighted by Gasteiger charge is 2.34. The maximum atomic E-state index is 13.4. The van der Waals surface area contributed by atoms with Gasteiger partial charge < -0.3 is 14.4 Å². The number of rotatable bonds is 8. The molecule has 48 heavy (non-hydrogen) atoms. The van der Waals surface area contributed by atoms with Gasteiger partial charge >= 0.3 is 5.97 Å². The first kappa shape index (κ1) is 32.2. The van der Waals surface area contributed by atoms with Crippen LogP contribution in [-0.2, 0) is 16.6 Å². The molecule has 0 radical (unpaired) electrons. The number of allylic oxidation sites excluding steroid dienone is 1. The Hall–Kier alpha value is -4.38. The summed E-state index contributed by atoms with van der Waals surface area (Å²) in [5.74, 6) is -0.704. The Bertz CT molecular complexity index is 2090. The molecule has 2 saturated carbocycles. The van der Waals surface area contributed by atoms with Gasteiger partial charge in [-0.1, -0.05) is 25.3 Å². The third-order valence-corrected chi connectivity index (χ3v) is 12.1. The number of aromatic nitrogens is 3. The number of carboxylic acids is 1. The summed E-state index contributed by atoms with van der Waals surface area (Å²) in [6.07, 6.45) is 10.6. The molecule has 0 saturated heterocycles. The average molecular weight is 671 g/mol. The van der Waals surface area contributed by atoms with Crippen LogP contribution < -0.4 is 9.46 Å². The predicted molar refractivity (Wildman–Crippen MR) is 186 cm³/mol. The largest absolute Gasteiger partial charge is 0.497 e. The fraction of sp³-hybridized carbons (Fsp3) is 0.432. The van der Waals surface area contributed by atoms with E-state index < -0.39 is 27.1 Å². The predicted octanol–water partition coefficient (Wildman–Crippen LogP) is 7.31. The van der Waals surface area contributed by atoms with Crippen molar-refractivity contribution in [2.24, 2.45) is 0 Å². The van der Waals surface area contributed by atoms with Crippen LogP contribution in [0.4, 0.5) is 0 Å². The Balaban J connectivity index is 1.51. The van der Waals surface area contributed by atoms with Crippen molar-refractivity contribution < 1.29 is 27.9 Å². The van der Waals surface area contributed by atoms with Crippen molar-refractivity contribution in [1.82, 2.24) is 19.1 Å². The lowest BCUT2D eigenvalue weighted by molar-refractivity contribution is 0.0695. The molecular formula is C37H42N4O6S. The zero-order chi connectivity index (χ0) is 33.9. The fourth-order valence-electron chi connectivity index (χ4n) is 7.64. The van der Waals surface area contributed by atoms with Gasteiger partial charge in [0.15, 0.2) is 0 Å². The van der Waals surface area contributed by atoms with Gasteiger partial charge in [-0.2, -0.15) is 5.10 Å². The number of fused-ring (bicyclic) bond motifs is 5. The lowest BCUT2D eigenvalue weighted by atomic mass is 9.81. The number of benzene rings is 2. The number of aromatic carboxylic acids is 1. The van der Waals surface area contributed by atoms with Crippen LogP contribution >= 0.6 is 0 Å². The van der Waals surface area contributed by atoms with Crippen molar-refractivity contribution in [3.63, 3.8) is 0 Å². The summed E-state index contributed by atoms with van der Waals surface area (Å²) in [5, 5.41) is 15.5. The van der Waals surface area contributed by atoms with Gasteiger partial charge in [0.25, 0.3) is 5.91 Å². The van der Waals surface area contributed by atoms with Gasteiger partial charge in [-0.25, -0.2) is 17.9 Å². The van der Waals surface area contributed by atoms with E-state index in [0.717, 1.165) is 78.2 Å². The minimum Gasteiger partial charge on any atom is -0.497 e. The molecule has 10 nitrogen and oxygen atoms in total. The zero-order valence-electron chi connectivity index (χ0n) is 27.9. The molecule has 2 aromatic heterocycles. The van der Waals surface area contributed by atoms with E-state index in [1.54, 1.807) is 26.2 Å². The molecular weight excluding hydrogens is 628 g/mol. The highest BCUT2D eigenvalue weighted by Crippen LogP contribution is 2.48. The number of sulfonamides is 1. The molecule has 3 aliphatic rings.